The molecular formula is C20H19F2N3O3S. The van der Waals surface area contributed by atoms with Crippen LogP contribution in [0.2, 0.25) is 0 Å². The van der Waals surface area contributed by atoms with Crippen molar-refractivity contribution in [3.63, 3.8) is 0 Å². The van der Waals surface area contributed by atoms with Crippen molar-refractivity contribution >= 4 is 29.3 Å². The van der Waals surface area contributed by atoms with Crippen LogP contribution in [0.15, 0.2) is 41.3 Å². The number of nitriles is 1. The molecule has 0 aromatic heterocycles. The summed E-state index contributed by atoms with van der Waals surface area (Å²) < 4.78 is 35.4. The SMILES string of the molecule is COc1ccc(C(=O)O)cc1SNc1cc(C#N)ccc1N1CCC(F)(F)CC1. The summed E-state index contributed by atoms with van der Waals surface area (Å²) in [6.07, 6.45) is -0.456. The zero-order valence-electron chi connectivity index (χ0n) is 15.6. The number of ether oxygens (including phenoxy) is 1. The van der Waals surface area contributed by atoms with Gasteiger partial charge in [0.1, 0.15) is 5.75 Å². The van der Waals surface area contributed by atoms with Crippen LogP contribution in [-0.2, 0) is 0 Å². The smallest absolute Gasteiger partial charge is 0.335 e. The average molecular weight is 419 g/mol. The van der Waals surface area contributed by atoms with Crippen LogP contribution in [0.3, 0.4) is 0 Å². The lowest BCUT2D eigenvalue weighted by Crippen LogP contribution is -2.39. The molecule has 9 heteroatoms. The van der Waals surface area contributed by atoms with Crippen LogP contribution < -0.4 is 14.4 Å². The first-order valence-electron chi connectivity index (χ1n) is 8.84. The van der Waals surface area contributed by atoms with Gasteiger partial charge in [-0.15, -0.1) is 0 Å². The highest BCUT2D eigenvalue weighted by molar-refractivity contribution is 8.00. The molecule has 0 atom stereocenters. The third-order valence-electron chi connectivity index (χ3n) is 4.64. The van der Waals surface area contributed by atoms with Crippen molar-refractivity contribution in [2.24, 2.45) is 0 Å². The third kappa shape index (κ3) is 4.90. The number of benzene rings is 2. The number of aromatic carboxylic acids is 1. The second kappa shape index (κ2) is 8.57. The molecule has 3 rings (SSSR count). The Kier molecular flexibility index (Phi) is 6.13. The normalized spacial score (nSPS) is 15.4. The molecule has 1 fully saturated rings. The van der Waals surface area contributed by atoms with Crippen molar-refractivity contribution in [1.82, 2.24) is 0 Å². The number of anilines is 2. The second-order valence-corrected chi connectivity index (χ2v) is 7.41. The summed E-state index contributed by atoms with van der Waals surface area (Å²) in [4.78, 5) is 13.6. The van der Waals surface area contributed by atoms with Gasteiger partial charge in [0.15, 0.2) is 0 Å². The molecule has 29 heavy (non-hydrogen) atoms. The van der Waals surface area contributed by atoms with Gasteiger partial charge in [0.2, 0.25) is 0 Å². The first-order valence-corrected chi connectivity index (χ1v) is 9.66. The molecule has 0 unspecified atom stereocenters. The summed E-state index contributed by atoms with van der Waals surface area (Å²) in [5, 5.41) is 18.4. The first kappa shape index (κ1) is 20.7. The summed E-state index contributed by atoms with van der Waals surface area (Å²) in [5.74, 6) is -3.23. The molecule has 1 heterocycles. The Morgan fingerprint density at radius 2 is 2.00 bits per heavy atom. The molecule has 0 amide bonds. The average Bonchev–Trinajstić information content (AvgIpc) is 2.72. The first-order chi connectivity index (χ1) is 13.8. The molecule has 2 aromatic carbocycles. The molecule has 1 aliphatic heterocycles. The second-order valence-electron chi connectivity index (χ2n) is 6.56. The minimum atomic E-state index is -2.66. The number of hydrogen-bond donors (Lipinski definition) is 2. The number of piperidine rings is 1. The lowest BCUT2D eigenvalue weighted by atomic mass is 10.1. The van der Waals surface area contributed by atoms with E-state index in [2.05, 4.69) is 10.8 Å². The molecule has 1 aliphatic rings. The lowest BCUT2D eigenvalue weighted by Gasteiger charge is -2.34. The molecule has 0 spiro atoms. The van der Waals surface area contributed by atoms with E-state index >= 15 is 0 Å². The maximum Gasteiger partial charge on any atom is 0.335 e. The van der Waals surface area contributed by atoms with Gasteiger partial charge >= 0.3 is 5.97 Å². The fourth-order valence-electron chi connectivity index (χ4n) is 3.04. The van der Waals surface area contributed by atoms with E-state index in [0.29, 0.717) is 27.6 Å². The number of carboxylic acid groups (broad SMARTS) is 1. The minimum absolute atomic E-state index is 0.111. The molecule has 6 nitrogen and oxygen atoms in total. The standard InChI is InChI=1S/C20H19F2N3O3S/c1-28-17-5-3-14(19(26)27)11-18(17)29-24-15-10-13(12-23)2-4-16(15)25-8-6-20(21,22)7-9-25/h2-5,10-11,24H,6-9H2,1H3,(H,26,27). The molecule has 0 aliphatic carbocycles. The van der Waals surface area contributed by atoms with Gasteiger partial charge in [-0.1, -0.05) is 0 Å². The number of nitrogens with one attached hydrogen (secondary N) is 1. The molecule has 0 saturated carbocycles. The minimum Gasteiger partial charge on any atom is -0.496 e. The van der Waals surface area contributed by atoms with Crippen LogP contribution in [0.4, 0.5) is 20.2 Å². The zero-order valence-corrected chi connectivity index (χ0v) is 16.4. The topological polar surface area (TPSA) is 85.6 Å². The highest BCUT2D eigenvalue weighted by Gasteiger charge is 2.34. The molecule has 2 N–H and O–H groups in total. The fourth-order valence-corrected chi connectivity index (χ4v) is 3.86. The van der Waals surface area contributed by atoms with Crippen molar-refractivity contribution in [3.05, 3.63) is 47.5 Å². The maximum atomic E-state index is 13.5. The van der Waals surface area contributed by atoms with Gasteiger partial charge in [-0.3, -0.25) is 0 Å². The van der Waals surface area contributed by atoms with E-state index in [1.165, 1.54) is 19.2 Å². The summed E-state index contributed by atoms with van der Waals surface area (Å²) in [6, 6.07) is 11.6. The highest BCUT2D eigenvalue weighted by atomic mass is 32.2. The van der Waals surface area contributed by atoms with Gasteiger partial charge in [0.05, 0.1) is 40.6 Å². The molecule has 0 bridgehead atoms. The number of nitrogens with zero attached hydrogens (tertiary/aromatic N) is 2. The van der Waals surface area contributed by atoms with Gasteiger partial charge in [0.25, 0.3) is 5.92 Å². The Labute approximate surface area is 171 Å². The quantitative estimate of drug-likeness (QED) is 0.661. The van der Waals surface area contributed by atoms with Crippen molar-refractivity contribution in [1.29, 1.82) is 5.26 Å². The van der Waals surface area contributed by atoms with E-state index in [9.17, 15) is 23.9 Å². The van der Waals surface area contributed by atoms with Crippen molar-refractivity contribution in [2.75, 3.05) is 29.8 Å². The molecule has 1 saturated heterocycles. The number of halogens is 2. The van der Waals surface area contributed by atoms with Crippen LogP contribution in [0.5, 0.6) is 5.75 Å². The van der Waals surface area contributed by atoms with Crippen LogP contribution in [0.1, 0.15) is 28.8 Å². The largest absolute Gasteiger partial charge is 0.496 e. The number of carboxylic acids is 1. The van der Waals surface area contributed by atoms with E-state index in [0.717, 1.165) is 11.9 Å². The van der Waals surface area contributed by atoms with E-state index in [4.69, 9.17) is 4.74 Å². The molecule has 152 valence electrons. The van der Waals surface area contributed by atoms with Crippen LogP contribution in [-0.4, -0.2) is 37.2 Å². The number of alkyl halides is 2. The fraction of sp³-hybridized carbons (Fsp3) is 0.300. The van der Waals surface area contributed by atoms with Gasteiger partial charge < -0.3 is 19.5 Å². The number of rotatable bonds is 6. The van der Waals surface area contributed by atoms with E-state index in [1.54, 1.807) is 24.3 Å². The Hall–Kier alpha value is -2.99. The van der Waals surface area contributed by atoms with Crippen molar-refractivity contribution in [2.45, 2.75) is 23.7 Å². The highest BCUT2D eigenvalue weighted by Crippen LogP contribution is 2.38. The van der Waals surface area contributed by atoms with Gasteiger partial charge in [-0.05, 0) is 48.3 Å². The molecule has 0 radical (unpaired) electrons. The molecule has 2 aromatic rings. The molecular weight excluding hydrogens is 400 g/mol. The number of methoxy groups -OCH3 is 1. The van der Waals surface area contributed by atoms with Crippen LogP contribution >= 0.6 is 11.9 Å². The summed E-state index contributed by atoms with van der Waals surface area (Å²) in [6.45, 7) is 0.409. The van der Waals surface area contributed by atoms with Gasteiger partial charge in [-0.25, -0.2) is 13.6 Å². The number of carbonyl (C=O) groups is 1. The summed E-state index contributed by atoms with van der Waals surface area (Å²) in [7, 11) is 1.48. The van der Waals surface area contributed by atoms with E-state index in [1.807, 2.05) is 4.90 Å². The Balaban J connectivity index is 1.86. The van der Waals surface area contributed by atoms with Crippen molar-refractivity contribution in [3.8, 4) is 11.8 Å². The van der Waals surface area contributed by atoms with E-state index in [-0.39, 0.29) is 31.5 Å². The third-order valence-corrected chi connectivity index (χ3v) is 5.50. The van der Waals surface area contributed by atoms with Crippen molar-refractivity contribution < 1.29 is 23.4 Å². The number of hydrogen-bond acceptors (Lipinski definition) is 6. The predicted octanol–water partition coefficient (Wildman–Crippen LogP) is 4.62. The predicted molar refractivity (Wildman–Crippen MR) is 107 cm³/mol. The van der Waals surface area contributed by atoms with Gasteiger partial charge in [0, 0.05) is 25.9 Å². The van der Waals surface area contributed by atoms with Crippen LogP contribution in [0, 0.1) is 11.3 Å². The maximum absolute atomic E-state index is 13.5. The Morgan fingerprint density at radius 3 is 2.62 bits per heavy atom. The van der Waals surface area contributed by atoms with Crippen LogP contribution in [0.25, 0.3) is 0 Å². The van der Waals surface area contributed by atoms with E-state index < -0.39 is 11.9 Å². The Bertz CT molecular complexity index is 952. The summed E-state index contributed by atoms with van der Waals surface area (Å²) in [5.41, 5.74) is 1.83. The summed E-state index contributed by atoms with van der Waals surface area (Å²) >= 11 is 1.13. The lowest BCUT2D eigenvalue weighted by molar-refractivity contribution is -0.0220. The van der Waals surface area contributed by atoms with Gasteiger partial charge in [-0.2, -0.15) is 5.26 Å². The Morgan fingerprint density at radius 1 is 1.28 bits per heavy atom. The monoisotopic (exact) mass is 419 g/mol. The zero-order chi connectivity index (χ0) is 21.0.